The second-order valence-corrected chi connectivity index (χ2v) is 9.56. The van der Waals surface area contributed by atoms with Gasteiger partial charge < -0.3 is 9.88 Å². The van der Waals surface area contributed by atoms with Gasteiger partial charge in [-0.05, 0) is 35.2 Å². The Kier molecular flexibility index (Phi) is 6.02. The van der Waals surface area contributed by atoms with Crippen LogP contribution in [-0.4, -0.2) is 16.2 Å². The van der Waals surface area contributed by atoms with Crippen molar-refractivity contribution in [1.82, 2.24) is 4.57 Å². The first-order valence-corrected chi connectivity index (χ1v) is 12.2. The van der Waals surface area contributed by atoms with Crippen LogP contribution < -0.4 is 5.32 Å². The van der Waals surface area contributed by atoms with Crippen molar-refractivity contribution in [2.45, 2.75) is 11.4 Å². The highest BCUT2D eigenvalue weighted by Crippen LogP contribution is 2.31. The monoisotopic (exact) mass is 500 g/mol. The van der Waals surface area contributed by atoms with E-state index >= 15 is 0 Å². The molecule has 5 rings (SSSR count). The van der Waals surface area contributed by atoms with E-state index in [2.05, 4.69) is 86.6 Å². The maximum Gasteiger partial charge on any atom is 0.234 e. The first-order valence-electron chi connectivity index (χ1n) is 10.4. The number of nitrogens with one attached hydrogen (secondary N) is 1. The fourth-order valence-electron chi connectivity index (χ4n) is 3.91. The lowest BCUT2D eigenvalue weighted by molar-refractivity contribution is -0.113. The lowest BCUT2D eigenvalue weighted by Gasteiger charge is -2.08. The van der Waals surface area contributed by atoms with Gasteiger partial charge >= 0.3 is 0 Å². The van der Waals surface area contributed by atoms with Gasteiger partial charge in [0.2, 0.25) is 5.91 Å². The van der Waals surface area contributed by atoms with Crippen molar-refractivity contribution in [2.75, 3.05) is 11.1 Å². The number of carbonyl (C=O) groups is 1. The fourth-order valence-corrected chi connectivity index (χ4v) is 5.06. The van der Waals surface area contributed by atoms with Crippen LogP contribution in [0.15, 0.2) is 107 Å². The van der Waals surface area contributed by atoms with Crippen LogP contribution in [0.2, 0.25) is 0 Å². The number of thioether (sulfide) groups is 1. The molecule has 1 aromatic heterocycles. The topological polar surface area (TPSA) is 34.0 Å². The molecule has 0 bridgehead atoms. The number of fused-ring (bicyclic) bond motifs is 2. The molecule has 1 heterocycles. The Morgan fingerprint density at radius 1 is 0.844 bits per heavy atom. The predicted octanol–water partition coefficient (Wildman–Crippen LogP) is 7.34. The second kappa shape index (κ2) is 9.23. The smallest absolute Gasteiger partial charge is 0.234 e. The Morgan fingerprint density at radius 2 is 1.56 bits per heavy atom. The second-order valence-electron chi connectivity index (χ2n) is 7.63. The minimum atomic E-state index is -0.00362. The molecule has 158 valence electrons. The summed E-state index contributed by atoms with van der Waals surface area (Å²) in [4.78, 5) is 13.9. The number of hydrogen-bond acceptors (Lipinski definition) is 2. The van der Waals surface area contributed by atoms with E-state index in [1.165, 1.54) is 16.5 Å². The highest BCUT2D eigenvalue weighted by molar-refractivity contribution is 9.10. The molecule has 0 unspecified atom stereocenters. The number of rotatable bonds is 6. The molecule has 3 nitrogen and oxygen atoms in total. The van der Waals surface area contributed by atoms with Crippen molar-refractivity contribution in [3.8, 4) is 0 Å². The van der Waals surface area contributed by atoms with Gasteiger partial charge in [0, 0.05) is 44.1 Å². The molecule has 32 heavy (non-hydrogen) atoms. The van der Waals surface area contributed by atoms with Crippen LogP contribution in [0.1, 0.15) is 5.56 Å². The third-order valence-corrected chi connectivity index (χ3v) is 7.01. The lowest BCUT2D eigenvalue weighted by atomic mass is 10.1. The molecule has 0 spiro atoms. The van der Waals surface area contributed by atoms with Crippen molar-refractivity contribution < 1.29 is 4.79 Å². The van der Waals surface area contributed by atoms with E-state index in [0.29, 0.717) is 5.75 Å². The number of anilines is 1. The summed E-state index contributed by atoms with van der Waals surface area (Å²) < 4.78 is 3.33. The molecule has 4 aromatic carbocycles. The van der Waals surface area contributed by atoms with E-state index in [0.717, 1.165) is 32.4 Å². The first-order chi connectivity index (χ1) is 15.7. The summed E-state index contributed by atoms with van der Waals surface area (Å²) >= 11 is 5.07. The SMILES string of the molecule is O=C(CSc1cn(Cc2ccc(Br)cc2)c2ccccc12)Nc1cccc2ccccc12. The van der Waals surface area contributed by atoms with Crippen molar-refractivity contribution in [2.24, 2.45) is 0 Å². The number of nitrogens with zero attached hydrogens (tertiary/aromatic N) is 1. The normalized spacial score (nSPS) is 11.2. The first kappa shape index (κ1) is 20.9. The Hall–Kier alpha value is -3.02. The standard InChI is InChI=1S/C27H21BrN2OS/c28-21-14-12-19(13-15-21)16-30-17-26(23-9-3-4-11-25(23)30)32-18-27(31)29-24-10-5-7-20-6-1-2-8-22(20)24/h1-15,17H,16,18H2,(H,29,31). The molecule has 0 aliphatic heterocycles. The van der Waals surface area contributed by atoms with Gasteiger partial charge in [-0.15, -0.1) is 11.8 Å². The zero-order valence-electron chi connectivity index (χ0n) is 17.3. The maximum absolute atomic E-state index is 12.8. The van der Waals surface area contributed by atoms with E-state index in [1.807, 2.05) is 36.4 Å². The number of aromatic nitrogens is 1. The number of amides is 1. The number of para-hydroxylation sites is 1. The maximum atomic E-state index is 12.8. The molecular weight excluding hydrogens is 480 g/mol. The molecule has 0 saturated heterocycles. The minimum absolute atomic E-state index is 0.00362. The average molecular weight is 501 g/mol. The number of benzene rings is 4. The summed E-state index contributed by atoms with van der Waals surface area (Å²) in [6.45, 7) is 0.788. The Balaban J connectivity index is 1.34. The van der Waals surface area contributed by atoms with Crippen molar-refractivity contribution >= 4 is 61.0 Å². The van der Waals surface area contributed by atoms with Gasteiger partial charge in [-0.3, -0.25) is 4.79 Å². The van der Waals surface area contributed by atoms with Gasteiger partial charge in [-0.1, -0.05) is 82.7 Å². The van der Waals surface area contributed by atoms with Crippen LogP contribution >= 0.6 is 27.7 Å². The number of hydrogen-bond donors (Lipinski definition) is 1. The minimum Gasteiger partial charge on any atom is -0.342 e. The summed E-state index contributed by atoms with van der Waals surface area (Å²) in [6.07, 6.45) is 2.16. The zero-order chi connectivity index (χ0) is 21.9. The van der Waals surface area contributed by atoms with Crippen molar-refractivity contribution in [1.29, 1.82) is 0 Å². The predicted molar refractivity (Wildman–Crippen MR) is 138 cm³/mol. The largest absolute Gasteiger partial charge is 0.342 e. The molecular formula is C27H21BrN2OS. The van der Waals surface area contributed by atoms with Crippen LogP contribution in [0.5, 0.6) is 0 Å². The zero-order valence-corrected chi connectivity index (χ0v) is 19.7. The van der Waals surface area contributed by atoms with E-state index < -0.39 is 0 Å². The number of halogens is 1. The summed E-state index contributed by atoms with van der Waals surface area (Å²) in [7, 11) is 0. The molecule has 0 atom stereocenters. The van der Waals surface area contributed by atoms with Crippen LogP contribution in [0, 0.1) is 0 Å². The summed E-state index contributed by atoms with van der Waals surface area (Å²) in [5.74, 6) is 0.353. The molecule has 5 aromatic rings. The quantitative estimate of drug-likeness (QED) is 0.247. The molecule has 0 radical (unpaired) electrons. The Morgan fingerprint density at radius 3 is 2.41 bits per heavy atom. The van der Waals surface area contributed by atoms with Gasteiger partial charge in [-0.2, -0.15) is 0 Å². The molecule has 0 aliphatic carbocycles. The fraction of sp³-hybridized carbons (Fsp3) is 0.0741. The molecule has 1 amide bonds. The van der Waals surface area contributed by atoms with Crippen molar-refractivity contribution in [3.05, 3.63) is 107 Å². The summed E-state index contributed by atoms with van der Waals surface area (Å²) in [6, 6.07) is 30.8. The third-order valence-electron chi connectivity index (χ3n) is 5.44. The van der Waals surface area contributed by atoms with Gasteiger partial charge in [0.1, 0.15) is 0 Å². The van der Waals surface area contributed by atoms with Crippen LogP contribution in [0.25, 0.3) is 21.7 Å². The van der Waals surface area contributed by atoms with Gasteiger partial charge in [-0.25, -0.2) is 0 Å². The molecule has 5 heteroatoms. The summed E-state index contributed by atoms with van der Waals surface area (Å²) in [5, 5.41) is 6.43. The average Bonchev–Trinajstić information content (AvgIpc) is 3.17. The van der Waals surface area contributed by atoms with Gasteiger partial charge in [0.25, 0.3) is 0 Å². The highest BCUT2D eigenvalue weighted by Gasteiger charge is 2.12. The summed E-state index contributed by atoms with van der Waals surface area (Å²) in [5.41, 5.74) is 3.26. The van der Waals surface area contributed by atoms with Gasteiger partial charge in [0.05, 0.1) is 5.75 Å². The van der Waals surface area contributed by atoms with E-state index in [-0.39, 0.29) is 5.91 Å². The lowest BCUT2D eigenvalue weighted by Crippen LogP contribution is -2.14. The van der Waals surface area contributed by atoms with Crippen LogP contribution in [0.3, 0.4) is 0 Å². The molecule has 0 aliphatic rings. The highest BCUT2D eigenvalue weighted by atomic mass is 79.9. The van der Waals surface area contributed by atoms with Crippen LogP contribution in [0.4, 0.5) is 5.69 Å². The molecule has 1 N–H and O–H groups in total. The third kappa shape index (κ3) is 4.45. The van der Waals surface area contributed by atoms with Crippen molar-refractivity contribution in [3.63, 3.8) is 0 Å². The molecule has 0 fully saturated rings. The van der Waals surface area contributed by atoms with E-state index in [4.69, 9.17) is 0 Å². The van der Waals surface area contributed by atoms with Gasteiger partial charge in [0.15, 0.2) is 0 Å². The molecule has 0 saturated carbocycles. The number of carbonyl (C=O) groups excluding carboxylic acids is 1. The van der Waals surface area contributed by atoms with E-state index in [1.54, 1.807) is 11.8 Å². The van der Waals surface area contributed by atoms with Crippen LogP contribution in [-0.2, 0) is 11.3 Å². The Bertz CT molecular complexity index is 1400. The Labute approximate surface area is 199 Å². The van der Waals surface area contributed by atoms with E-state index in [9.17, 15) is 4.79 Å².